The van der Waals surface area contributed by atoms with Gasteiger partial charge in [-0.3, -0.25) is 4.79 Å². The molecule has 0 fully saturated rings. The predicted molar refractivity (Wildman–Crippen MR) is 71.5 cm³/mol. The van der Waals surface area contributed by atoms with Crippen molar-refractivity contribution in [3.05, 3.63) is 28.8 Å². The molecule has 104 valence electrons. The standard InChI is InChI=1S/C13H16ClNO4/c1-2-3-4-11(13(18)19)15-12(17)9-7-8(16)5-6-10(9)14/h5-7,11,16H,2-4H2,1H3,(H,15,17)(H,18,19)/t11-/m0/s1. The van der Waals surface area contributed by atoms with E-state index in [0.29, 0.717) is 12.8 Å². The number of carbonyl (C=O) groups is 2. The molecule has 1 aromatic rings. The van der Waals surface area contributed by atoms with Gasteiger partial charge in [0.1, 0.15) is 11.8 Å². The van der Waals surface area contributed by atoms with Gasteiger partial charge in [-0.2, -0.15) is 0 Å². The lowest BCUT2D eigenvalue weighted by molar-refractivity contribution is -0.139. The summed E-state index contributed by atoms with van der Waals surface area (Å²) in [5, 5.41) is 20.9. The normalized spacial score (nSPS) is 11.9. The van der Waals surface area contributed by atoms with Crippen LogP contribution in [0.4, 0.5) is 0 Å². The minimum absolute atomic E-state index is 0.0596. The van der Waals surface area contributed by atoms with E-state index in [9.17, 15) is 14.7 Å². The quantitative estimate of drug-likeness (QED) is 0.749. The second-order valence-electron chi connectivity index (χ2n) is 4.17. The van der Waals surface area contributed by atoms with Gasteiger partial charge in [-0.15, -0.1) is 0 Å². The van der Waals surface area contributed by atoms with E-state index in [4.69, 9.17) is 16.7 Å². The minimum Gasteiger partial charge on any atom is -0.508 e. The molecule has 19 heavy (non-hydrogen) atoms. The van der Waals surface area contributed by atoms with Crippen molar-refractivity contribution in [2.75, 3.05) is 0 Å². The molecule has 6 heteroatoms. The van der Waals surface area contributed by atoms with E-state index < -0.39 is 17.9 Å². The molecule has 0 spiro atoms. The van der Waals surface area contributed by atoms with Crippen molar-refractivity contribution in [1.29, 1.82) is 0 Å². The Morgan fingerprint density at radius 2 is 2.11 bits per heavy atom. The second kappa shape index (κ2) is 6.99. The van der Waals surface area contributed by atoms with Crippen LogP contribution in [0, 0.1) is 0 Å². The first kappa shape index (κ1) is 15.3. The molecule has 1 aromatic carbocycles. The third kappa shape index (κ3) is 4.44. The number of carboxylic acids is 1. The van der Waals surface area contributed by atoms with Gasteiger partial charge < -0.3 is 15.5 Å². The van der Waals surface area contributed by atoms with E-state index >= 15 is 0 Å². The van der Waals surface area contributed by atoms with E-state index in [-0.39, 0.29) is 16.3 Å². The van der Waals surface area contributed by atoms with Crippen molar-refractivity contribution < 1.29 is 19.8 Å². The molecule has 1 amide bonds. The number of phenolic OH excluding ortho intramolecular Hbond substituents is 1. The Kier molecular flexibility index (Phi) is 5.63. The van der Waals surface area contributed by atoms with Crippen molar-refractivity contribution in [3.8, 4) is 5.75 Å². The molecule has 0 saturated heterocycles. The van der Waals surface area contributed by atoms with E-state index in [1.165, 1.54) is 18.2 Å². The predicted octanol–water partition coefficient (Wildman–Crippen LogP) is 2.42. The highest BCUT2D eigenvalue weighted by Gasteiger charge is 2.21. The number of rotatable bonds is 6. The topological polar surface area (TPSA) is 86.6 Å². The van der Waals surface area contributed by atoms with Gasteiger partial charge in [0.25, 0.3) is 5.91 Å². The van der Waals surface area contributed by atoms with Crippen LogP contribution >= 0.6 is 11.6 Å². The molecular weight excluding hydrogens is 270 g/mol. The Balaban J connectivity index is 2.81. The zero-order valence-corrected chi connectivity index (χ0v) is 11.3. The van der Waals surface area contributed by atoms with E-state index in [2.05, 4.69) is 5.32 Å². The van der Waals surface area contributed by atoms with Crippen molar-refractivity contribution >= 4 is 23.5 Å². The van der Waals surface area contributed by atoms with Crippen LogP contribution in [0.5, 0.6) is 5.75 Å². The fraction of sp³-hybridized carbons (Fsp3) is 0.385. The summed E-state index contributed by atoms with van der Waals surface area (Å²) in [4.78, 5) is 23.0. The maximum absolute atomic E-state index is 11.9. The number of carboxylic acid groups (broad SMARTS) is 1. The summed E-state index contributed by atoms with van der Waals surface area (Å²) < 4.78 is 0. The van der Waals surface area contributed by atoms with Crippen molar-refractivity contribution in [1.82, 2.24) is 5.32 Å². The smallest absolute Gasteiger partial charge is 0.326 e. The van der Waals surface area contributed by atoms with Gasteiger partial charge >= 0.3 is 5.97 Å². The fourth-order valence-corrected chi connectivity index (χ4v) is 1.79. The first-order valence-corrected chi connectivity index (χ1v) is 6.35. The molecular formula is C13H16ClNO4. The summed E-state index contributed by atoms with van der Waals surface area (Å²) in [6, 6.07) is 2.99. The molecule has 0 aliphatic carbocycles. The lowest BCUT2D eigenvalue weighted by Crippen LogP contribution is -2.40. The van der Waals surface area contributed by atoms with Crippen molar-refractivity contribution in [2.45, 2.75) is 32.2 Å². The maximum atomic E-state index is 11.9. The molecule has 1 rings (SSSR count). The third-order valence-electron chi connectivity index (χ3n) is 2.64. The summed E-state index contributed by atoms with van der Waals surface area (Å²) in [7, 11) is 0. The van der Waals surface area contributed by atoms with Crippen LogP contribution in [0.1, 0.15) is 36.5 Å². The van der Waals surface area contributed by atoms with E-state index in [1.807, 2.05) is 6.92 Å². The highest BCUT2D eigenvalue weighted by molar-refractivity contribution is 6.33. The van der Waals surface area contributed by atoms with Crippen LogP contribution in [0.3, 0.4) is 0 Å². The Labute approximate surface area is 116 Å². The summed E-state index contributed by atoms with van der Waals surface area (Å²) in [6.45, 7) is 1.94. The summed E-state index contributed by atoms with van der Waals surface area (Å²) in [5.41, 5.74) is 0.0596. The summed E-state index contributed by atoms with van der Waals surface area (Å²) in [6.07, 6.45) is 1.89. The second-order valence-corrected chi connectivity index (χ2v) is 4.58. The largest absolute Gasteiger partial charge is 0.508 e. The Bertz CT molecular complexity index is 476. The summed E-state index contributed by atoms with van der Waals surface area (Å²) >= 11 is 5.84. The molecule has 0 radical (unpaired) electrons. The molecule has 0 aromatic heterocycles. The molecule has 0 aliphatic heterocycles. The number of nitrogens with one attached hydrogen (secondary N) is 1. The van der Waals surface area contributed by atoms with Gasteiger partial charge in [0.15, 0.2) is 0 Å². The zero-order chi connectivity index (χ0) is 14.4. The fourth-order valence-electron chi connectivity index (χ4n) is 1.59. The van der Waals surface area contributed by atoms with Gasteiger partial charge in [-0.25, -0.2) is 4.79 Å². The number of phenols is 1. The molecule has 0 aliphatic rings. The number of hydrogen-bond acceptors (Lipinski definition) is 3. The maximum Gasteiger partial charge on any atom is 0.326 e. The lowest BCUT2D eigenvalue weighted by atomic mass is 10.1. The Morgan fingerprint density at radius 1 is 1.42 bits per heavy atom. The molecule has 0 unspecified atom stereocenters. The summed E-state index contributed by atoms with van der Waals surface area (Å²) in [5.74, 6) is -1.79. The molecule has 0 bridgehead atoms. The Hall–Kier alpha value is -1.75. The monoisotopic (exact) mass is 285 g/mol. The molecule has 1 atom stereocenters. The zero-order valence-electron chi connectivity index (χ0n) is 10.5. The average molecular weight is 286 g/mol. The lowest BCUT2D eigenvalue weighted by Gasteiger charge is -2.14. The first-order chi connectivity index (χ1) is 8.95. The van der Waals surface area contributed by atoms with Crippen LogP contribution in [0.2, 0.25) is 5.02 Å². The molecule has 0 saturated carbocycles. The van der Waals surface area contributed by atoms with Crippen LogP contribution in [0.25, 0.3) is 0 Å². The third-order valence-corrected chi connectivity index (χ3v) is 2.97. The Morgan fingerprint density at radius 3 is 2.68 bits per heavy atom. The number of halogens is 1. The van der Waals surface area contributed by atoms with Gasteiger partial charge in [-0.1, -0.05) is 31.4 Å². The average Bonchev–Trinajstić information content (AvgIpc) is 2.36. The number of aliphatic carboxylic acids is 1. The molecule has 3 N–H and O–H groups in total. The van der Waals surface area contributed by atoms with Gasteiger partial charge in [0.2, 0.25) is 0 Å². The highest BCUT2D eigenvalue weighted by atomic mass is 35.5. The number of aromatic hydroxyl groups is 1. The van der Waals surface area contributed by atoms with Gasteiger partial charge in [0, 0.05) is 0 Å². The molecule has 0 heterocycles. The minimum atomic E-state index is -1.09. The number of carbonyl (C=O) groups excluding carboxylic acids is 1. The highest BCUT2D eigenvalue weighted by Crippen LogP contribution is 2.21. The van der Waals surface area contributed by atoms with Crippen LogP contribution in [0.15, 0.2) is 18.2 Å². The number of unbranched alkanes of at least 4 members (excludes halogenated alkanes) is 1. The van der Waals surface area contributed by atoms with Crippen LogP contribution in [-0.4, -0.2) is 28.1 Å². The van der Waals surface area contributed by atoms with Crippen LogP contribution in [-0.2, 0) is 4.79 Å². The van der Waals surface area contributed by atoms with Crippen LogP contribution < -0.4 is 5.32 Å². The van der Waals surface area contributed by atoms with Gasteiger partial charge in [0.05, 0.1) is 10.6 Å². The van der Waals surface area contributed by atoms with Crippen molar-refractivity contribution in [2.24, 2.45) is 0 Å². The van der Waals surface area contributed by atoms with E-state index in [1.54, 1.807) is 0 Å². The van der Waals surface area contributed by atoms with E-state index in [0.717, 1.165) is 6.42 Å². The van der Waals surface area contributed by atoms with Gasteiger partial charge in [-0.05, 0) is 24.6 Å². The van der Waals surface area contributed by atoms with Crippen molar-refractivity contribution in [3.63, 3.8) is 0 Å². The number of hydrogen-bond donors (Lipinski definition) is 3. The number of amides is 1. The molecule has 5 nitrogen and oxygen atoms in total. The number of benzene rings is 1. The first-order valence-electron chi connectivity index (χ1n) is 5.98. The SMILES string of the molecule is CCCC[C@H](NC(=O)c1cc(O)ccc1Cl)C(=O)O.